The van der Waals surface area contributed by atoms with Crippen molar-refractivity contribution < 1.29 is 9.90 Å². The number of nitrogens with one attached hydrogen (secondary N) is 1. The molecular formula is C13H21ClN4O2. The normalized spacial score (nSPS) is 18.9. The van der Waals surface area contributed by atoms with E-state index < -0.39 is 0 Å². The van der Waals surface area contributed by atoms with Gasteiger partial charge in [0.1, 0.15) is 6.04 Å². The van der Waals surface area contributed by atoms with Crippen molar-refractivity contribution in [2.45, 2.75) is 31.9 Å². The third-order valence-electron chi connectivity index (χ3n) is 3.63. The van der Waals surface area contributed by atoms with Gasteiger partial charge in [0.25, 0.3) is 0 Å². The minimum atomic E-state index is -0.370. The predicted octanol–water partition coefficient (Wildman–Crippen LogP) is 0.670. The van der Waals surface area contributed by atoms with Crippen molar-refractivity contribution in [3.63, 3.8) is 0 Å². The molecule has 1 amide bonds. The molecule has 1 atom stereocenters. The topological polar surface area (TPSA) is 70.4 Å². The molecule has 1 aliphatic rings. The van der Waals surface area contributed by atoms with Gasteiger partial charge in [0.2, 0.25) is 5.91 Å². The first-order valence-electron chi connectivity index (χ1n) is 6.94. The van der Waals surface area contributed by atoms with Crippen LogP contribution in [0.3, 0.4) is 0 Å². The fraction of sp³-hybridized carbons (Fsp3) is 0.692. The lowest BCUT2D eigenvalue weighted by Crippen LogP contribution is -2.42. The van der Waals surface area contributed by atoms with Gasteiger partial charge in [0.15, 0.2) is 0 Å². The average molecular weight is 301 g/mol. The Bertz CT molecular complexity index is 443. The van der Waals surface area contributed by atoms with Crippen LogP contribution in [0.25, 0.3) is 0 Å². The fourth-order valence-corrected chi connectivity index (χ4v) is 2.42. The first-order valence-corrected chi connectivity index (χ1v) is 7.32. The molecule has 112 valence electrons. The molecule has 0 bridgehead atoms. The molecular weight excluding hydrogens is 280 g/mol. The Labute approximate surface area is 123 Å². The number of carbonyl (C=O) groups excluding carboxylic acids is 1. The van der Waals surface area contributed by atoms with Gasteiger partial charge in [-0.15, -0.1) is 0 Å². The van der Waals surface area contributed by atoms with Crippen LogP contribution >= 0.6 is 11.6 Å². The van der Waals surface area contributed by atoms with Crippen molar-refractivity contribution in [3.05, 3.63) is 17.4 Å². The summed E-state index contributed by atoms with van der Waals surface area (Å²) in [6.07, 6.45) is 4.62. The zero-order valence-corrected chi connectivity index (χ0v) is 12.4. The number of aliphatic hydroxyl groups is 1. The number of amides is 1. The smallest absolute Gasteiger partial charge is 0.244 e. The van der Waals surface area contributed by atoms with Crippen LogP contribution in [0.4, 0.5) is 0 Å². The molecule has 2 heterocycles. The summed E-state index contributed by atoms with van der Waals surface area (Å²) in [5.74, 6) is -0.0678. The van der Waals surface area contributed by atoms with Gasteiger partial charge in [-0.1, -0.05) is 11.6 Å². The lowest BCUT2D eigenvalue weighted by Gasteiger charge is -2.29. The Hall–Kier alpha value is -1.11. The molecule has 0 saturated carbocycles. The Kier molecular flexibility index (Phi) is 5.39. The van der Waals surface area contributed by atoms with Gasteiger partial charge in [-0.2, -0.15) is 5.10 Å². The number of aromatic nitrogens is 2. The quantitative estimate of drug-likeness (QED) is 0.838. The number of piperidine rings is 1. The van der Waals surface area contributed by atoms with E-state index in [2.05, 4.69) is 15.3 Å². The van der Waals surface area contributed by atoms with E-state index in [0.717, 1.165) is 32.5 Å². The van der Waals surface area contributed by atoms with E-state index in [1.54, 1.807) is 17.8 Å². The summed E-state index contributed by atoms with van der Waals surface area (Å²) >= 11 is 5.78. The highest BCUT2D eigenvalue weighted by Crippen LogP contribution is 2.11. The fourth-order valence-electron chi connectivity index (χ4n) is 2.27. The number of hydrogen-bond acceptors (Lipinski definition) is 4. The van der Waals surface area contributed by atoms with Gasteiger partial charge in [0, 0.05) is 32.4 Å². The van der Waals surface area contributed by atoms with E-state index in [0.29, 0.717) is 11.6 Å². The summed E-state index contributed by atoms with van der Waals surface area (Å²) in [6, 6.07) is -0.370. The highest BCUT2D eigenvalue weighted by molar-refractivity contribution is 6.30. The first kappa shape index (κ1) is 15.3. The number of carbonyl (C=O) groups is 1. The van der Waals surface area contributed by atoms with Crippen molar-refractivity contribution >= 4 is 17.5 Å². The number of hydrogen-bond donors (Lipinski definition) is 2. The lowest BCUT2D eigenvalue weighted by atomic mass is 10.1. The van der Waals surface area contributed by atoms with Crippen LogP contribution in [0.5, 0.6) is 0 Å². The number of nitrogens with zero attached hydrogens (tertiary/aromatic N) is 3. The molecule has 1 fully saturated rings. The number of halogens is 1. The summed E-state index contributed by atoms with van der Waals surface area (Å²) in [6.45, 7) is 4.98. The minimum Gasteiger partial charge on any atom is -0.393 e. The molecule has 6 nitrogen and oxygen atoms in total. The maximum atomic E-state index is 12.0. The van der Waals surface area contributed by atoms with Crippen LogP contribution in [-0.2, 0) is 4.79 Å². The minimum absolute atomic E-state index is 0.0678. The number of likely N-dealkylation sites (tertiary alicyclic amines) is 1. The van der Waals surface area contributed by atoms with Crippen molar-refractivity contribution in [2.75, 3.05) is 26.2 Å². The highest BCUT2D eigenvalue weighted by Gasteiger charge is 2.18. The molecule has 0 aromatic carbocycles. The van der Waals surface area contributed by atoms with Crippen LogP contribution < -0.4 is 5.32 Å². The molecule has 0 spiro atoms. The zero-order valence-electron chi connectivity index (χ0n) is 11.6. The molecule has 0 unspecified atom stereocenters. The van der Waals surface area contributed by atoms with Gasteiger partial charge in [0.05, 0.1) is 17.3 Å². The van der Waals surface area contributed by atoms with Crippen molar-refractivity contribution in [3.8, 4) is 0 Å². The third kappa shape index (κ3) is 4.19. The van der Waals surface area contributed by atoms with Gasteiger partial charge in [-0.3, -0.25) is 9.48 Å². The second kappa shape index (κ2) is 7.06. The Morgan fingerprint density at radius 2 is 2.30 bits per heavy atom. The third-order valence-corrected chi connectivity index (χ3v) is 3.83. The molecule has 0 radical (unpaired) electrons. The summed E-state index contributed by atoms with van der Waals surface area (Å²) < 4.78 is 1.55. The van der Waals surface area contributed by atoms with Crippen LogP contribution in [0.1, 0.15) is 25.8 Å². The molecule has 1 aromatic rings. The van der Waals surface area contributed by atoms with E-state index in [4.69, 9.17) is 11.6 Å². The van der Waals surface area contributed by atoms with E-state index in [1.165, 1.54) is 6.20 Å². The average Bonchev–Trinajstić information content (AvgIpc) is 2.86. The monoisotopic (exact) mass is 300 g/mol. The predicted molar refractivity (Wildman–Crippen MR) is 76.6 cm³/mol. The van der Waals surface area contributed by atoms with E-state index >= 15 is 0 Å². The molecule has 2 rings (SSSR count). The maximum Gasteiger partial charge on any atom is 0.244 e. The molecule has 1 saturated heterocycles. The summed E-state index contributed by atoms with van der Waals surface area (Å²) in [5, 5.41) is 16.9. The molecule has 0 aliphatic carbocycles. The van der Waals surface area contributed by atoms with Crippen molar-refractivity contribution in [2.24, 2.45) is 0 Å². The van der Waals surface area contributed by atoms with E-state index in [1.807, 2.05) is 0 Å². The molecule has 7 heteroatoms. The Morgan fingerprint density at radius 3 is 2.90 bits per heavy atom. The van der Waals surface area contributed by atoms with Crippen LogP contribution in [0, 0.1) is 0 Å². The van der Waals surface area contributed by atoms with Crippen LogP contribution in [-0.4, -0.2) is 58.0 Å². The van der Waals surface area contributed by atoms with Gasteiger partial charge >= 0.3 is 0 Å². The van der Waals surface area contributed by atoms with Crippen molar-refractivity contribution in [1.82, 2.24) is 20.0 Å². The van der Waals surface area contributed by atoms with Crippen LogP contribution in [0.2, 0.25) is 5.02 Å². The Morgan fingerprint density at radius 1 is 1.60 bits per heavy atom. The summed E-state index contributed by atoms with van der Waals surface area (Å²) in [5.41, 5.74) is 0. The Balaban J connectivity index is 1.70. The number of rotatable bonds is 5. The van der Waals surface area contributed by atoms with E-state index in [-0.39, 0.29) is 18.1 Å². The van der Waals surface area contributed by atoms with Gasteiger partial charge in [-0.25, -0.2) is 0 Å². The maximum absolute atomic E-state index is 12.0. The molecule has 1 aliphatic heterocycles. The molecule has 1 aromatic heterocycles. The second-order valence-electron chi connectivity index (χ2n) is 5.18. The lowest BCUT2D eigenvalue weighted by molar-refractivity contribution is -0.124. The second-order valence-corrected chi connectivity index (χ2v) is 5.61. The van der Waals surface area contributed by atoms with Crippen molar-refractivity contribution in [1.29, 1.82) is 0 Å². The SMILES string of the molecule is C[C@@H](C(=O)NCCN1CCC(O)CC1)n1cc(Cl)cn1. The summed E-state index contributed by atoms with van der Waals surface area (Å²) in [7, 11) is 0. The number of aliphatic hydroxyl groups excluding tert-OH is 1. The van der Waals surface area contributed by atoms with Crippen LogP contribution in [0.15, 0.2) is 12.4 Å². The largest absolute Gasteiger partial charge is 0.393 e. The standard InChI is InChI=1S/C13H21ClN4O2/c1-10(18-9-11(14)8-16-18)13(20)15-4-7-17-5-2-12(19)3-6-17/h8-10,12,19H,2-7H2,1H3,(H,15,20)/t10-/m0/s1. The summed E-state index contributed by atoms with van der Waals surface area (Å²) in [4.78, 5) is 14.2. The first-order chi connectivity index (χ1) is 9.56. The van der Waals surface area contributed by atoms with E-state index in [9.17, 15) is 9.90 Å². The molecule has 2 N–H and O–H groups in total. The highest BCUT2D eigenvalue weighted by atomic mass is 35.5. The zero-order chi connectivity index (χ0) is 14.5. The van der Waals surface area contributed by atoms with Gasteiger partial charge < -0.3 is 15.3 Å². The molecule has 20 heavy (non-hydrogen) atoms. The van der Waals surface area contributed by atoms with Gasteiger partial charge in [-0.05, 0) is 19.8 Å².